The number of para-hydroxylation sites is 5. The Morgan fingerprint density at radius 1 is 0.413 bits per heavy atom. The summed E-state index contributed by atoms with van der Waals surface area (Å²) in [5.41, 5.74) is 7.20. The Balaban J connectivity index is 0.000000245. The summed E-state index contributed by atoms with van der Waals surface area (Å²) in [4.78, 5) is 22.2. The third kappa shape index (κ3) is 19.0. The first kappa shape index (κ1) is 65.1. The first-order chi connectivity index (χ1) is 35.1. The van der Waals surface area contributed by atoms with Gasteiger partial charge < -0.3 is 22.8 Å². The van der Waals surface area contributed by atoms with E-state index in [0.717, 1.165) is 95.9 Å². The van der Waals surface area contributed by atoms with Crippen molar-refractivity contribution in [2.75, 3.05) is 33.4 Å². The van der Waals surface area contributed by atoms with E-state index in [1.54, 1.807) is 36.4 Å². The molecule has 0 fully saturated rings. The summed E-state index contributed by atoms with van der Waals surface area (Å²) < 4.78 is 71.4. The predicted octanol–water partition coefficient (Wildman–Crippen LogP) is 11.4. The Kier molecular flexibility index (Phi) is 30.0. The molecule has 2 N–H and O–H groups in total. The largest absolute Gasteiger partial charge is 1.00 e. The maximum absolute atomic E-state index is 12.2. The molecule has 0 aliphatic rings. The van der Waals surface area contributed by atoms with Gasteiger partial charge in [-0.15, -0.1) is 4.90 Å². The van der Waals surface area contributed by atoms with Gasteiger partial charge in [0.25, 0.3) is 0 Å². The van der Waals surface area contributed by atoms with E-state index in [4.69, 9.17) is 19.0 Å². The number of hydrogen-bond acceptors (Lipinski definition) is 10. The summed E-state index contributed by atoms with van der Waals surface area (Å²) >= 11 is 6.29. The zero-order chi connectivity index (χ0) is 51.2. The van der Waals surface area contributed by atoms with Crippen molar-refractivity contribution in [2.24, 2.45) is 0 Å². The molecule has 0 aliphatic carbocycles. The van der Waals surface area contributed by atoms with Gasteiger partial charge in [-0.3, -0.25) is 18.2 Å². The first-order valence-corrected chi connectivity index (χ1v) is 26.0. The van der Waals surface area contributed by atoms with Gasteiger partial charge >= 0.3 is 223 Å². The molecule has 0 atom stereocenters. The Labute approximate surface area is 506 Å². The normalized spacial score (nSPS) is 10.1. The summed E-state index contributed by atoms with van der Waals surface area (Å²) in [6.45, 7) is -1.97. The van der Waals surface area contributed by atoms with Gasteiger partial charge in [0.05, 0.1) is 25.5 Å². The second-order valence-corrected chi connectivity index (χ2v) is 17.5. The molecule has 3 radical (unpaired) electrons. The molecule has 0 saturated carbocycles. The van der Waals surface area contributed by atoms with Crippen LogP contribution in [0.15, 0.2) is 157 Å². The smallest absolute Gasteiger partial charge is 0.778 e. The van der Waals surface area contributed by atoms with E-state index >= 15 is 0 Å². The van der Waals surface area contributed by atoms with E-state index in [1.807, 2.05) is 115 Å². The number of phenolic OH excluding ortho intramolecular Hbond substituents is 2. The van der Waals surface area contributed by atoms with Crippen LogP contribution in [-0.2, 0) is 108 Å². The quantitative estimate of drug-likeness (QED) is 0.0694. The van der Waals surface area contributed by atoms with Crippen LogP contribution in [-0.4, -0.2) is 112 Å². The maximum Gasteiger partial charge on any atom is 1.00 e. The molecular weight excluding hydrogens is 1680 g/mol. The summed E-state index contributed by atoms with van der Waals surface area (Å²) in [6.07, 6.45) is 1.69. The van der Waals surface area contributed by atoms with Crippen LogP contribution in [0.5, 0.6) is 23.0 Å². The number of benzene rings is 5. The molecule has 10 aromatic rings. The van der Waals surface area contributed by atoms with Gasteiger partial charge in [0.1, 0.15) is 22.5 Å². The van der Waals surface area contributed by atoms with Gasteiger partial charge in [0.2, 0.25) is 0 Å². The fourth-order valence-corrected chi connectivity index (χ4v) is 8.63. The van der Waals surface area contributed by atoms with E-state index in [9.17, 15) is 32.2 Å². The van der Waals surface area contributed by atoms with E-state index in [0.29, 0.717) is 79.3 Å². The van der Waals surface area contributed by atoms with Crippen molar-refractivity contribution in [2.45, 2.75) is 37.0 Å². The molecule has 391 valence electrons. The number of aryl methyl sites for hydroxylation is 5. The van der Waals surface area contributed by atoms with E-state index in [1.165, 1.54) is 0 Å². The second-order valence-electron chi connectivity index (χ2n) is 15.7. The molecular formula is C55H49AuF5GaInIrN5O4SW. The molecule has 5 aromatic heterocycles. The van der Waals surface area contributed by atoms with Crippen LogP contribution in [0.2, 0.25) is 0 Å². The number of halogens is 5. The fraction of sp³-hybridized carbons (Fsp3) is 0.182. The molecule has 9 nitrogen and oxygen atoms in total. The Bertz CT molecular complexity index is 3070. The fourth-order valence-electron chi connectivity index (χ4n) is 7.24. The van der Waals surface area contributed by atoms with Crippen LogP contribution in [0.4, 0.5) is 22.0 Å². The molecule has 20 heteroatoms. The average molecular weight is 1730 g/mol. The minimum absolute atomic E-state index is 0. The Morgan fingerprint density at radius 3 is 1.04 bits per heavy atom. The van der Waals surface area contributed by atoms with Crippen LogP contribution in [0, 0.1) is 0 Å². The molecule has 75 heavy (non-hydrogen) atoms. The van der Waals surface area contributed by atoms with Crippen LogP contribution in [0.25, 0.3) is 54.5 Å². The van der Waals surface area contributed by atoms with Crippen molar-refractivity contribution in [3.8, 4) is 23.0 Å². The molecule has 0 saturated heterocycles. The number of rotatable bonds is 12. The SMILES string of the molecule is FCCc1ccc2cccc([O][GaH])c2n1.FCCc1ccc2cccc([O][InH])c2n1.FCCc1ccc2cccc([S-])c2n1.Oc1cccc2ccc(CCF)nc12.Oc1cccc2ccc(CCF)nc12.[Au+].[Ir].[W]. The van der Waals surface area contributed by atoms with Crippen molar-refractivity contribution in [1.29, 1.82) is 0 Å². The molecule has 10 rings (SSSR count). The minimum Gasteiger partial charge on any atom is -0.778 e. The average Bonchev–Trinajstić information content (AvgIpc) is 3.40. The van der Waals surface area contributed by atoms with Gasteiger partial charge in [-0.05, 0) is 35.7 Å². The predicted molar refractivity (Wildman–Crippen MR) is 282 cm³/mol. The number of pyridine rings is 5. The van der Waals surface area contributed by atoms with Crippen LogP contribution in [0.3, 0.4) is 0 Å². The first-order valence-electron chi connectivity index (χ1n) is 22.8. The summed E-state index contributed by atoms with van der Waals surface area (Å²) in [5.74, 6) is 1.87. The van der Waals surface area contributed by atoms with Gasteiger partial charge in [-0.2, -0.15) is 0 Å². The standard InChI is InChI=1S/4C11H10FNO.C11H10FNS.Au.Ga.In.Ir.W.2H/c5*12-7-6-9-5-4-8-2-1-3-10(14)11(8)13-9;;;;;;;/h5*1-5,14H,6-7H2;;;;;;;/q;;;;;3*+1;;;;/p-3. The van der Waals surface area contributed by atoms with Crippen LogP contribution < -0.4 is 6.38 Å². The summed E-state index contributed by atoms with van der Waals surface area (Å²) in [6, 6.07) is 46.4. The third-order valence-corrected chi connectivity index (χ3v) is 12.7. The maximum atomic E-state index is 12.2. The number of aromatic hydroxyl groups is 2. The molecule has 5 aromatic carbocycles. The number of aromatic nitrogens is 5. The number of phenols is 2. The van der Waals surface area contributed by atoms with Gasteiger partial charge in [-0.25, -0.2) is 9.97 Å². The number of fused-ring (bicyclic) bond motifs is 5. The zero-order valence-electron chi connectivity index (χ0n) is 40.2. The van der Waals surface area contributed by atoms with Gasteiger partial charge in [0.15, 0.2) is 0 Å². The van der Waals surface area contributed by atoms with Crippen molar-refractivity contribution in [3.63, 3.8) is 0 Å². The second kappa shape index (κ2) is 34.5. The Morgan fingerprint density at radius 2 is 0.693 bits per heavy atom. The van der Waals surface area contributed by atoms with Gasteiger partial charge in [0, 0.05) is 88.3 Å². The van der Waals surface area contributed by atoms with Crippen molar-refractivity contribution >= 4 is 111 Å². The molecule has 0 bridgehead atoms. The van der Waals surface area contributed by atoms with Crippen molar-refractivity contribution < 1.29 is 102 Å². The van der Waals surface area contributed by atoms with E-state index in [2.05, 4.69) is 24.9 Å². The monoisotopic (exact) mass is 1730 g/mol. The molecule has 0 aliphatic heterocycles. The van der Waals surface area contributed by atoms with E-state index in [-0.39, 0.29) is 95.1 Å². The topological polar surface area (TPSA) is 123 Å². The molecule has 0 amide bonds. The zero-order valence-corrected chi connectivity index (χ0v) is 55.5. The third-order valence-electron chi connectivity index (χ3n) is 10.8. The van der Waals surface area contributed by atoms with Crippen molar-refractivity contribution in [3.05, 3.63) is 180 Å². The number of alkyl halides is 5. The summed E-state index contributed by atoms with van der Waals surface area (Å²) in [5, 5.41) is 23.8. The molecule has 5 heterocycles. The van der Waals surface area contributed by atoms with Crippen LogP contribution in [0.1, 0.15) is 28.5 Å². The number of hydrogen-bond donors (Lipinski definition) is 2. The Hall–Kier alpha value is -4.20. The van der Waals surface area contributed by atoms with Crippen LogP contribution >= 0.6 is 0 Å². The van der Waals surface area contributed by atoms with E-state index < -0.39 is 13.3 Å². The minimum atomic E-state index is -0.425. The van der Waals surface area contributed by atoms with Crippen molar-refractivity contribution in [1.82, 2.24) is 24.9 Å². The number of nitrogens with zero attached hydrogens (tertiary/aromatic N) is 5. The molecule has 0 unspecified atom stereocenters. The van der Waals surface area contributed by atoms with Gasteiger partial charge in [-0.1, -0.05) is 60.7 Å². The summed E-state index contributed by atoms with van der Waals surface area (Å²) in [7, 11) is 0. The molecule has 0 spiro atoms.